The molecule has 3 heterocycles. The molecule has 0 radical (unpaired) electrons. The Morgan fingerprint density at radius 3 is 2.83 bits per heavy atom. The largest absolute Gasteiger partial charge is 0.375 e. The molecule has 2 aromatic rings. The number of hydrogen-bond donors (Lipinski definition) is 0. The van der Waals surface area contributed by atoms with Gasteiger partial charge in [-0.2, -0.15) is 0 Å². The van der Waals surface area contributed by atoms with Gasteiger partial charge in [-0.25, -0.2) is 4.39 Å². The van der Waals surface area contributed by atoms with E-state index in [1.54, 1.807) is 35.2 Å². The van der Waals surface area contributed by atoms with Gasteiger partial charge in [-0.05, 0) is 61.9 Å². The molecule has 152 valence electrons. The van der Waals surface area contributed by atoms with Crippen LogP contribution in [-0.2, 0) is 4.74 Å². The Morgan fingerprint density at radius 2 is 1.97 bits per heavy atom. The zero-order valence-electron chi connectivity index (χ0n) is 16.0. The highest BCUT2D eigenvalue weighted by Gasteiger charge is 2.17. The van der Waals surface area contributed by atoms with Gasteiger partial charge in [-0.15, -0.1) is 23.7 Å². The number of nitrogens with zero attached hydrogens (tertiary/aromatic N) is 1. The molecular weight excluding hydrogens is 425 g/mol. The number of allylic oxidation sites excluding steroid dienone is 4. The highest BCUT2D eigenvalue weighted by Crippen LogP contribution is 2.37. The molecule has 0 atom stereocenters. The number of thiophene rings is 1. The minimum absolute atomic E-state index is 0. The van der Waals surface area contributed by atoms with E-state index >= 15 is 0 Å². The Bertz CT molecular complexity index is 1130. The fraction of sp³-hybridized carbons (Fsp3) is 0.304. The second-order valence-corrected chi connectivity index (χ2v) is 9.52. The molecule has 6 heteroatoms. The molecule has 2 aliphatic heterocycles. The topological polar surface area (TPSA) is 12.5 Å². The molecule has 1 aromatic carbocycles. The van der Waals surface area contributed by atoms with E-state index < -0.39 is 0 Å². The minimum atomic E-state index is -0.182. The third-order valence-corrected chi connectivity index (χ3v) is 7.66. The van der Waals surface area contributed by atoms with Crippen LogP contribution in [-0.4, -0.2) is 37.7 Å². The number of ether oxygens (including phenoxy) is 1. The van der Waals surface area contributed by atoms with E-state index in [0.29, 0.717) is 6.61 Å². The van der Waals surface area contributed by atoms with Gasteiger partial charge in [0.15, 0.2) is 0 Å². The van der Waals surface area contributed by atoms with Crippen LogP contribution in [0.25, 0.3) is 21.1 Å². The van der Waals surface area contributed by atoms with Crippen LogP contribution in [0.15, 0.2) is 53.0 Å². The Labute approximate surface area is 184 Å². The van der Waals surface area contributed by atoms with Gasteiger partial charge in [-0.3, -0.25) is 0 Å². The summed E-state index contributed by atoms with van der Waals surface area (Å²) in [4.78, 5) is 4.88. The maximum atomic E-state index is 13.9. The molecule has 1 saturated heterocycles. The third kappa shape index (κ3) is 4.39. The maximum Gasteiger partial charge on any atom is 0.123 e. The first kappa shape index (κ1) is 20.9. The summed E-state index contributed by atoms with van der Waals surface area (Å²) >= 11 is 3.49. The molecule has 2 nitrogen and oxygen atoms in total. The first-order valence-corrected chi connectivity index (χ1v) is 11.4. The summed E-state index contributed by atoms with van der Waals surface area (Å²) in [6.07, 6.45) is 13.3. The van der Waals surface area contributed by atoms with E-state index in [1.165, 1.54) is 45.8 Å². The van der Waals surface area contributed by atoms with Gasteiger partial charge in [-0.1, -0.05) is 30.0 Å². The van der Waals surface area contributed by atoms with E-state index in [4.69, 9.17) is 4.74 Å². The first-order valence-electron chi connectivity index (χ1n) is 9.78. The van der Waals surface area contributed by atoms with Crippen molar-refractivity contribution in [3.63, 3.8) is 0 Å². The molecule has 29 heavy (non-hydrogen) atoms. The predicted octanol–water partition coefficient (Wildman–Crippen LogP) is 4.59. The normalized spacial score (nSPS) is 18.4. The number of halogens is 2. The lowest BCUT2D eigenvalue weighted by molar-refractivity contribution is 0.132. The molecule has 0 amide bonds. The molecule has 3 aliphatic rings. The predicted molar refractivity (Wildman–Crippen MR) is 126 cm³/mol. The van der Waals surface area contributed by atoms with Gasteiger partial charge in [0.05, 0.1) is 13.2 Å². The van der Waals surface area contributed by atoms with Crippen LogP contribution in [0.2, 0.25) is 0 Å². The first-order chi connectivity index (χ1) is 13.8. The number of benzene rings is 1. The van der Waals surface area contributed by atoms with Crippen molar-refractivity contribution in [3.8, 4) is 0 Å². The van der Waals surface area contributed by atoms with E-state index in [2.05, 4.69) is 35.3 Å². The van der Waals surface area contributed by atoms with Gasteiger partial charge in [0.25, 0.3) is 0 Å². The van der Waals surface area contributed by atoms with Crippen LogP contribution in [0.5, 0.6) is 0 Å². The zero-order chi connectivity index (χ0) is 18.9. The van der Waals surface area contributed by atoms with Crippen LogP contribution >= 0.6 is 35.5 Å². The molecule has 5 rings (SSSR count). The number of rotatable bonds is 5. The third-order valence-electron chi connectivity index (χ3n) is 5.37. The lowest BCUT2D eigenvalue weighted by atomic mass is 10.1. The summed E-state index contributed by atoms with van der Waals surface area (Å²) in [5.41, 5.74) is 1.18. The van der Waals surface area contributed by atoms with Crippen molar-refractivity contribution in [2.24, 2.45) is 0 Å². The molecule has 1 aromatic heterocycles. The SMILES string of the molecule is Cl.Fc1ccc2sc3c(c2c1)=C1SC(COCCN2CCCC2)=CC=C1C=CC=3. The van der Waals surface area contributed by atoms with Crippen LogP contribution in [0.3, 0.4) is 0 Å². The van der Waals surface area contributed by atoms with Crippen LogP contribution in [0.4, 0.5) is 4.39 Å². The number of likely N-dealkylation sites (tertiary alicyclic amines) is 1. The van der Waals surface area contributed by atoms with Crippen molar-refractivity contribution >= 4 is 56.6 Å². The molecule has 0 unspecified atom stereocenters. The second kappa shape index (κ2) is 9.19. The quantitative estimate of drug-likeness (QED) is 0.622. The number of fused-ring (bicyclic) bond motifs is 4. The summed E-state index contributed by atoms with van der Waals surface area (Å²) in [5, 5.41) is 2.16. The molecule has 1 fully saturated rings. The Morgan fingerprint density at radius 1 is 1.10 bits per heavy atom. The summed E-state index contributed by atoms with van der Waals surface area (Å²) in [6, 6.07) is 5.10. The Hall–Kier alpha value is -1.37. The highest BCUT2D eigenvalue weighted by atomic mass is 35.5. The molecule has 0 bridgehead atoms. The minimum Gasteiger partial charge on any atom is -0.375 e. The van der Waals surface area contributed by atoms with Crippen molar-refractivity contribution in [2.75, 3.05) is 32.8 Å². The summed E-state index contributed by atoms with van der Waals surface area (Å²) in [6.45, 7) is 4.84. The van der Waals surface area contributed by atoms with Crippen LogP contribution in [0.1, 0.15) is 12.8 Å². The Kier molecular flexibility index (Phi) is 6.62. The molecule has 1 aliphatic carbocycles. The van der Waals surface area contributed by atoms with Crippen molar-refractivity contribution in [1.29, 1.82) is 0 Å². The highest BCUT2D eigenvalue weighted by molar-refractivity contribution is 8.11. The molecular formula is C23H23ClFNOS2. The van der Waals surface area contributed by atoms with Gasteiger partial charge in [0.2, 0.25) is 0 Å². The van der Waals surface area contributed by atoms with Gasteiger partial charge in [0, 0.05) is 36.2 Å². The van der Waals surface area contributed by atoms with E-state index in [-0.39, 0.29) is 18.2 Å². The fourth-order valence-electron chi connectivity index (χ4n) is 3.94. The maximum absolute atomic E-state index is 13.9. The van der Waals surface area contributed by atoms with Crippen molar-refractivity contribution in [2.45, 2.75) is 12.8 Å². The molecule has 0 spiro atoms. The lowest BCUT2D eigenvalue weighted by Gasteiger charge is -2.17. The monoisotopic (exact) mass is 447 g/mol. The number of hydrogen-bond acceptors (Lipinski definition) is 4. The van der Waals surface area contributed by atoms with E-state index in [1.807, 2.05) is 6.07 Å². The van der Waals surface area contributed by atoms with Crippen LogP contribution in [0, 0.1) is 5.82 Å². The van der Waals surface area contributed by atoms with Gasteiger partial charge < -0.3 is 9.64 Å². The Balaban J connectivity index is 0.00000205. The fourth-order valence-corrected chi connectivity index (χ4v) is 6.22. The van der Waals surface area contributed by atoms with Crippen molar-refractivity contribution in [1.82, 2.24) is 4.90 Å². The van der Waals surface area contributed by atoms with Gasteiger partial charge >= 0.3 is 0 Å². The van der Waals surface area contributed by atoms with Crippen molar-refractivity contribution < 1.29 is 9.13 Å². The summed E-state index contributed by atoms with van der Waals surface area (Å²) in [5.74, 6) is -0.182. The number of thioether (sulfide) groups is 1. The smallest absolute Gasteiger partial charge is 0.123 e. The average molecular weight is 448 g/mol. The standard InChI is InChI=1S/C23H22FNOS2.ClH/c24-17-7-9-20-19(14-17)22-21(28-20)5-3-4-16-6-8-18(27-23(16)22)15-26-13-12-25-10-1-2-11-25;/h3-9,14H,1-2,10-13,15H2;1H. The summed E-state index contributed by atoms with van der Waals surface area (Å²) < 4.78 is 22.2. The molecule has 0 N–H and O–H groups in total. The average Bonchev–Trinajstić information content (AvgIpc) is 3.29. The zero-order valence-corrected chi connectivity index (χ0v) is 18.5. The van der Waals surface area contributed by atoms with Crippen LogP contribution < -0.4 is 9.75 Å². The summed E-state index contributed by atoms with van der Waals surface area (Å²) in [7, 11) is 0. The van der Waals surface area contributed by atoms with E-state index in [9.17, 15) is 4.39 Å². The second-order valence-electron chi connectivity index (χ2n) is 7.30. The van der Waals surface area contributed by atoms with Gasteiger partial charge in [0.1, 0.15) is 5.82 Å². The lowest BCUT2D eigenvalue weighted by Crippen LogP contribution is -2.24. The molecule has 0 saturated carbocycles. The van der Waals surface area contributed by atoms with E-state index in [0.717, 1.165) is 28.5 Å². The van der Waals surface area contributed by atoms with Crippen molar-refractivity contribution in [3.05, 3.63) is 68.5 Å².